The van der Waals surface area contributed by atoms with E-state index in [1.807, 2.05) is 0 Å². The number of ether oxygens (including phenoxy) is 2. The van der Waals surface area contributed by atoms with Crippen LogP contribution in [0.2, 0.25) is 0 Å². The van der Waals surface area contributed by atoms with Gasteiger partial charge in [-0.15, -0.1) is 0 Å². The summed E-state index contributed by atoms with van der Waals surface area (Å²) in [5.41, 5.74) is 16.1. The molecule has 8 heteroatoms. The molecule has 1 heterocycles. The standard InChI is InChI=1S/C14H20FN5O2/c15-11-7-10(19-14(18)20-13(16)17)1-2-12(11)22-8-9-3-5-21-6-4-9/h1-2,7,9H,3-6,8H2,(H6,16,17,18,19,20). The first-order valence-corrected chi connectivity index (χ1v) is 6.98. The molecule has 2 rings (SSSR count). The first-order chi connectivity index (χ1) is 10.5. The number of nitrogens with two attached hydrogens (primary N) is 3. The largest absolute Gasteiger partial charge is 0.490 e. The average molecular weight is 309 g/mol. The number of nitrogens with zero attached hydrogens (tertiary/aromatic N) is 2. The van der Waals surface area contributed by atoms with Gasteiger partial charge in [-0.25, -0.2) is 9.38 Å². The lowest BCUT2D eigenvalue weighted by Gasteiger charge is -2.22. The molecule has 0 amide bonds. The fourth-order valence-electron chi connectivity index (χ4n) is 2.09. The molecule has 22 heavy (non-hydrogen) atoms. The second-order valence-corrected chi connectivity index (χ2v) is 4.99. The van der Waals surface area contributed by atoms with E-state index in [4.69, 9.17) is 26.7 Å². The van der Waals surface area contributed by atoms with E-state index in [1.165, 1.54) is 12.1 Å². The quantitative estimate of drug-likeness (QED) is 0.562. The third-order valence-electron chi connectivity index (χ3n) is 3.22. The van der Waals surface area contributed by atoms with Crippen LogP contribution < -0.4 is 21.9 Å². The van der Waals surface area contributed by atoms with Crippen molar-refractivity contribution in [3.63, 3.8) is 0 Å². The van der Waals surface area contributed by atoms with Crippen LogP contribution in [0.5, 0.6) is 5.75 Å². The van der Waals surface area contributed by atoms with Crippen LogP contribution in [0.3, 0.4) is 0 Å². The molecule has 1 aliphatic heterocycles. The molecule has 6 N–H and O–H groups in total. The minimum atomic E-state index is -0.509. The third kappa shape index (κ3) is 4.88. The summed E-state index contributed by atoms with van der Waals surface area (Å²) in [4.78, 5) is 7.44. The SMILES string of the molecule is NC(N)=NC(N)=Nc1ccc(OCC2CCOCC2)c(F)c1. The molecule has 1 aliphatic rings. The van der Waals surface area contributed by atoms with E-state index in [-0.39, 0.29) is 17.7 Å². The smallest absolute Gasteiger partial charge is 0.223 e. The Balaban J connectivity index is 1.98. The van der Waals surface area contributed by atoms with Gasteiger partial charge in [0.15, 0.2) is 17.5 Å². The molecule has 0 spiro atoms. The minimum absolute atomic E-state index is 0.143. The number of halogens is 1. The fraction of sp³-hybridized carbons (Fsp3) is 0.429. The zero-order chi connectivity index (χ0) is 15.9. The van der Waals surface area contributed by atoms with Gasteiger partial charge in [-0.3, -0.25) is 0 Å². The van der Waals surface area contributed by atoms with Gasteiger partial charge in [0.2, 0.25) is 5.96 Å². The molecule has 0 aliphatic carbocycles. The number of hydrogen-bond donors (Lipinski definition) is 3. The molecule has 120 valence electrons. The van der Waals surface area contributed by atoms with Crippen LogP contribution >= 0.6 is 0 Å². The van der Waals surface area contributed by atoms with Gasteiger partial charge >= 0.3 is 0 Å². The summed E-state index contributed by atoms with van der Waals surface area (Å²) in [5.74, 6) is -0.284. The first-order valence-electron chi connectivity index (χ1n) is 6.98. The lowest BCUT2D eigenvalue weighted by Crippen LogP contribution is -2.26. The summed E-state index contributed by atoms with van der Waals surface area (Å²) < 4.78 is 24.8. The Morgan fingerprint density at radius 3 is 2.64 bits per heavy atom. The molecule has 0 unspecified atom stereocenters. The van der Waals surface area contributed by atoms with Gasteiger partial charge in [-0.2, -0.15) is 4.99 Å². The lowest BCUT2D eigenvalue weighted by atomic mass is 10.0. The Hall–Kier alpha value is -2.35. The van der Waals surface area contributed by atoms with Gasteiger partial charge in [0.05, 0.1) is 12.3 Å². The summed E-state index contributed by atoms with van der Waals surface area (Å²) in [7, 11) is 0. The molecule has 0 saturated carbocycles. The zero-order valence-electron chi connectivity index (χ0n) is 12.2. The second-order valence-electron chi connectivity index (χ2n) is 4.99. The molecule has 0 atom stereocenters. The van der Waals surface area contributed by atoms with Crippen molar-refractivity contribution < 1.29 is 13.9 Å². The van der Waals surface area contributed by atoms with Crippen LogP contribution in [0.15, 0.2) is 28.2 Å². The highest BCUT2D eigenvalue weighted by Gasteiger charge is 2.15. The Morgan fingerprint density at radius 2 is 2.00 bits per heavy atom. The molecule has 1 saturated heterocycles. The van der Waals surface area contributed by atoms with E-state index in [2.05, 4.69) is 9.98 Å². The predicted molar refractivity (Wildman–Crippen MR) is 82.5 cm³/mol. The maximum absolute atomic E-state index is 14.0. The van der Waals surface area contributed by atoms with Crippen LogP contribution in [0, 0.1) is 11.7 Å². The number of benzene rings is 1. The van der Waals surface area contributed by atoms with Gasteiger partial charge in [-0.05, 0) is 30.9 Å². The van der Waals surface area contributed by atoms with E-state index in [0.29, 0.717) is 18.2 Å². The minimum Gasteiger partial charge on any atom is -0.490 e. The molecule has 1 aromatic rings. The molecule has 1 aromatic carbocycles. The normalized spacial score (nSPS) is 16.3. The molecule has 7 nitrogen and oxygen atoms in total. The van der Waals surface area contributed by atoms with Crippen LogP contribution in [-0.2, 0) is 4.74 Å². The topological polar surface area (TPSA) is 121 Å². The maximum atomic E-state index is 14.0. The van der Waals surface area contributed by atoms with Crippen molar-refractivity contribution in [2.24, 2.45) is 33.1 Å². The highest BCUT2D eigenvalue weighted by Crippen LogP contribution is 2.24. The first kappa shape index (κ1) is 16.0. The van der Waals surface area contributed by atoms with Gasteiger partial charge in [0.1, 0.15) is 0 Å². The van der Waals surface area contributed by atoms with Crippen LogP contribution in [0.25, 0.3) is 0 Å². The van der Waals surface area contributed by atoms with Crippen LogP contribution in [0.1, 0.15) is 12.8 Å². The monoisotopic (exact) mass is 309 g/mol. The Kier molecular flexibility index (Phi) is 5.54. The summed E-state index contributed by atoms with van der Waals surface area (Å²) in [5, 5.41) is 0. The molecule has 1 fully saturated rings. The molecular formula is C14H20FN5O2. The van der Waals surface area contributed by atoms with Gasteiger partial charge < -0.3 is 26.7 Å². The predicted octanol–water partition coefficient (Wildman–Crippen LogP) is 0.851. The highest BCUT2D eigenvalue weighted by atomic mass is 19.1. The van der Waals surface area contributed by atoms with Crippen molar-refractivity contribution >= 4 is 17.6 Å². The second kappa shape index (κ2) is 7.60. The van der Waals surface area contributed by atoms with Crippen molar-refractivity contribution in [3.05, 3.63) is 24.0 Å². The summed E-state index contributed by atoms with van der Waals surface area (Å²) in [6, 6.07) is 4.31. The Morgan fingerprint density at radius 1 is 1.27 bits per heavy atom. The Bertz CT molecular complexity index is 566. The highest BCUT2D eigenvalue weighted by molar-refractivity contribution is 5.93. The maximum Gasteiger partial charge on any atom is 0.223 e. The van der Waals surface area contributed by atoms with Crippen molar-refractivity contribution in [1.29, 1.82) is 0 Å². The molecule has 0 radical (unpaired) electrons. The molecule has 0 bridgehead atoms. The lowest BCUT2D eigenvalue weighted by molar-refractivity contribution is 0.0492. The summed E-state index contributed by atoms with van der Waals surface area (Å²) in [6.45, 7) is 1.93. The van der Waals surface area contributed by atoms with Crippen molar-refractivity contribution in [2.45, 2.75) is 12.8 Å². The zero-order valence-corrected chi connectivity index (χ0v) is 12.2. The molecule has 0 aromatic heterocycles. The third-order valence-corrected chi connectivity index (χ3v) is 3.22. The van der Waals surface area contributed by atoms with Crippen molar-refractivity contribution in [2.75, 3.05) is 19.8 Å². The van der Waals surface area contributed by atoms with E-state index in [0.717, 1.165) is 26.1 Å². The number of guanidine groups is 2. The van der Waals surface area contributed by atoms with E-state index < -0.39 is 5.82 Å². The number of hydrogen-bond acceptors (Lipinski definition) is 3. The van der Waals surface area contributed by atoms with Crippen molar-refractivity contribution in [3.8, 4) is 5.75 Å². The van der Waals surface area contributed by atoms with Crippen LogP contribution in [0.4, 0.5) is 10.1 Å². The van der Waals surface area contributed by atoms with Crippen molar-refractivity contribution in [1.82, 2.24) is 0 Å². The van der Waals surface area contributed by atoms with Gasteiger partial charge in [0.25, 0.3) is 0 Å². The van der Waals surface area contributed by atoms with Gasteiger partial charge in [-0.1, -0.05) is 0 Å². The fourth-order valence-corrected chi connectivity index (χ4v) is 2.09. The Labute approximate surface area is 128 Å². The summed E-state index contributed by atoms with van der Waals surface area (Å²) >= 11 is 0. The average Bonchev–Trinajstić information content (AvgIpc) is 2.46. The number of rotatable bonds is 4. The van der Waals surface area contributed by atoms with Gasteiger partial charge in [0, 0.05) is 19.3 Å². The van der Waals surface area contributed by atoms with Crippen LogP contribution in [-0.4, -0.2) is 31.7 Å². The summed E-state index contributed by atoms with van der Waals surface area (Å²) in [6.07, 6.45) is 1.86. The van der Waals surface area contributed by atoms with E-state index in [1.54, 1.807) is 6.07 Å². The van der Waals surface area contributed by atoms with E-state index >= 15 is 0 Å². The number of aliphatic imine (C=N–C) groups is 2. The molecular weight excluding hydrogens is 289 g/mol. The van der Waals surface area contributed by atoms with E-state index in [9.17, 15) is 4.39 Å².